The third-order valence-corrected chi connectivity index (χ3v) is 4.55. The lowest BCUT2D eigenvalue weighted by Gasteiger charge is -2.52. The summed E-state index contributed by atoms with van der Waals surface area (Å²) in [7, 11) is 0. The largest absolute Gasteiger partial charge is 0.0654 e. The molecule has 14 heavy (non-hydrogen) atoms. The molecule has 0 aromatic rings. The molecule has 0 N–H and O–H groups in total. The van der Waals surface area contributed by atoms with Crippen molar-refractivity contribution in [3.8, 4) is 0 Å². The van der Waals surface area contributed by atoms with Crippen molar-refractivity contribution in [2.45, 2.75) is 72.6 Å². The summed E-state index contributed by atoms with van der Waals surface area (Å²) < 4.78 is 0. The Kier molecular flexibility index (Phi) is 4.47. The maximum absolute atomic E-state index is 2.50. The summed E-state index contributed by atoms with van der Waals surface area (Å²) in [5.74, 6) is 2.03. The van der Waals surface area contributed by atoms with E-state index in [-0.39, 0.29) is 0 Å². The summed E-state index contributed by atoms with van der Waals surface area (Å²) in [6, 6.07) is 0. The third kappa shape index (κ3) is 2.52. The molecule has 0 radical (unpaired) electrons. The zero-order chi connectivity index (χ0) is 10.6. The molecule has 1 saturated carbocycles. The Morgan fingerprint density at radius 2 is 1.86 bits per heavy atom. The van der Waals surface area contributed by atoms with Gasteiger partial charge in [0.15, 0.2) is 0 Å². The quantitative estimate of drug-likeness (QED) is 0.523. The highest BCUT2D eigenvalue weighted by molar-refractivity contribution is 4.95. The molecule has 0 amide bonds. The molecule has 0 heteroatoms. The average Bonchev–Trinajstić information content (AvgIpc) is 2.17. The van der Waals surface area contributed by atoms with Crippen molar-refractivity contribution in [3.63, 3.8) is 0 Å². The smallest absolute Gasteiger partial charge is 0.0295 e. The van der Waals surface area contributed by atoms with Gasteiger partial charge in [-0.3, -0.25) is 0 Å². The molecule has 1 aliphatic carbocycles. The van der Waals surface area contributed by atoms with Crippen LogP contribution in [0, 0.1) is 17.3 Å². The third-order valence-electron chi connectivity index (χ3n) is 4.55. The molecule has 0 aliphatic heterocycles. The van der Waals surface area contributed by atoms with Gasteiger partial charge in [-0.1, -0.05) is 59.8 Å². The molecule has 1 rings (SSSR count). The molecule has 0 aromatic carbocycles. The highest BCUT2D eigenvalue weighted by Gasteiger charge is 2.45. The first kappa shape index (κ1) is 12.1. The summed E-state index contributed by atoms with van der Waals surface area (Å²) in [5.41, 5.74) is 0.700. The fourth-order valence-corrected chi connectivity index (χ4v) is 3.39. The van der Waals surface area contributed by atoms with E-state index in [0.29, 0.717) is 5.41 Å². The monoisotopic (exact) mass is 196 g/mol. The second-order valence-corrected chi connectivity index (χ2v) is 5.64. The van der Waals surface area contributed by atoms with E-state index in [1.807, 2.05) is 0 Å². The Balaban J connectivity index is 2.22. The SMILES string of the molecule is CCCCCCC1C(C)CC1(C)CC. The van der Waals surface area contributed by atoms with Gasteiger partial charge in [0, 0.05) is 0 Å². The van der Waals surface area contributed by atoms with Gasteiger partial charge in [-0.2, -0.15) is 0 Å². The van der Waals surface area contributed by atoms with Gasteiger partial charge in [0.05, 0.1) is 0 Å². The van der Waals surface area contributed by atoms with Crippen LogP contribution in [0.25, 0.3) is 0 Å². The van der Waals surface area contributed by atoms with Crippen molar-refractivity contribution in [2.24, 2.45) is 17.3 Å². The molecule has 0 saturated heterocycles. The molecule has 0 bridgehead atoms. The van der Waals surface area contributed by atoms with E-state index in [9.17, 15) is 0 Å². The Morgan fingerprint density at radius 1 is 1.14 bits per heavy atom. The van der Waals surface area contributed by atoms with Gasteiger partial charge in [-0.15, -0.1) is 0 Å². The number of hydrogen-bond donors (Lipinski definition) is 0. The molecule has 3 unspecified atom stereocenters. The first-order valence-electron chi connectivity index (χ1n) is 6.64. The van der Waals surface area contributed by atoms with Crippen LogP contribution in [0.2, 0.25) is 0 Å². The highest BCUT2D eigenvalue weighted by Crippen LogP contribution is 2.54. The summed E-state index contributed by atoms with van der Waals surface area (Å²) in [6.07, 6.45) is 10.1. The Hall–Kier alpha value is 0. The van der Waals surface area contributed by atoms with Gasteiger partial charge >= 0.3 is 0 Å². The van der Waals surface area contributed by atoms with Crippen LogP contribution in [0.1, 0.15) is 72.6 Å². The molecule has 3 atom stereocenters. The van der Waals surface area contributed by atoms with Crippen molar-refractivity contribution in [1.29, 1.82) is 0 Å². The fourth-order valence-electron chi connectivity index (χ4n) is 3.39. The Labute approximate surface area is 90.5 Å². The summed E-state index contributed by atoms with van der Waals surface area (Å²) >= 11 is 0. The standard InChI is InChI=1S/C14H28/c1-5-7-8-9-10-13-12(3)11-14(13,4)6-2/h12-13H,5-11H2,1-4H3. The van der Waals surface area contributed by atoms with Gasteiger partial charge in [-0.05, 0) is 30.1 Å². The van der Waals surface area contributed by atoms with Crippen LogP contribution in [0.5, 0.6) is 0 Å². The Bertz CT molecular complexity index is 161. The first-order valence-corrected chi connectivity index (χ1v) is 6.64. The van der Waals surface area contributed by atoms with E-state index < -0.39 is 0 Å². The van der Waals surface area contributed by atoms with E-state index >= 15 is 0 Å². The van der Waals surface area contributed by atoms with E-state index in [4.69, 9.17) is 0 Å². The summed E-state index contributed by atoms with van der Waals surface area (Å²) in [6.45, 7) is 9.60. The minimum atomic E-state index is 0.700. The van der Waals surface area contributed by atoms with E-state index in [1.165, 1.54) is 44.9 Å². The molecule has 0 spiro atoms. The molecule has 0 nitrogen and oxygen atoms in total. The van der Waals surface area contributed by atoms with Crippen LogP contribution in [0.15, 0.2) is 0 Å². The second-order valence-electron chi connectivity index (χ2n) is 5.64. The van der Waals surface area contributed by atoms with Crippen molar-refractivity contribution in [3.05, 3.63) is 0 Å². The van der Waals surface area contributed by atoms with Crippen LogP contribution < -0.4 is 0 Å². The molecule has 1 fully saturated rings. The van der Waals surface area contributed by atoms with Crippen LogP contribution in [-0.4, -0.2) is 0 Å². The predicted octanol–water partition coefficient (Wildman–Crippen LogP) is 5.03. The minimum absolute atomic E-state index is 0.700. The average molecular weight is 196 g/mol. The van der Waals surface area contributed by atoms with Crippen molar-refractivity contribution >= 4 is 0 Å². The molecular formula is C14H28. The first-order chi connectivity index (χ1) is 6.64. The molecule has 0 heterocycles. The lowest BCUT2D eigenvalue weighted by molar-refractivity contribution is -0.0277. The van der Waals surface area contributed by atoms with Gasteiger partial charge in [-0.25, -0.2) is 0 Å². The lowest BCUT2D eigenvalue weighted by Crippen LogP contribution is -2.44. The summed E-state index contributed by atoms with van der Waals surface area (Å²) in [4.78, 5) is 0. The van der Waals surface area contributed by atoms with Crippen molar-refractivity contribution in [1.82, 2.24) is 0 Å². The van der Waals surface area contributed by atoms with Gasteiger partial charge < -0.3 is 0 Å². The molecule has 0 aromatic heterocycles. The van der Waals surface area contributed by atoms with Crippen LogP contribution in [0.4, 0.5) is 0 Å². The topological polar surface area (TPSA) is 0 Å². The van der Waals surface area contributed by atoms with E-state index in [0.717, 1.165) is 11.8 Å². The molecule has 84 valence electrons. The maximum atomic E-state index is 2.50. The van der Waals surface area contributed by atoms with Crippen LogP contribution in [-0.2, 0) is 0 Å². The minimum Gasteiger partial charge on any atom is -0.0654 e. The number of unbranched alkanes of at least 4 members (excludes halogenated alkanes) is 3. The second kappa shape index (κ2) is 5.19. The highest BCUT2D eigenvalue weighted by atomic mass is 14.5. The maximum Gasteiger partial charge on any atom is -0.0295 e. The predicted molar refractivity (Wildman–Crippen MR) is 64.4 cm³/mol. The lowest BCUT2D eigenvalue weighted by atomic mass is 9.53. The van der Waals surface area contributed by atoms with Crippen molar-refractivity contribution in [2.75, 3.05) is 0 Å². The van der Waals surface area contributed by atoms with E-state index in [2.05, 4.69) is 27.7 Å². The summed E-state index contributed by atoms with van der Waals surface area (Å²) in [5, 5.41) is 0. The van der Waals surface area contributed by atoms with Gasteiger partial charge in [0.1, 0.15) is 0 Å². The zero-order valence-electron chi connectivity index (χ0n) is 10.6. The van der Waals surface area contributed by atoms with Gasteiger partial charge in [0.25, 0.3) is 0 Å². The van der Waals surface area contributed by atoms with Crippen LogP contribution in [0.3, 0.4) is 0 Å². The molecule has 1 aliphatic rings. The number of rotatable bonds is 6. The Morgan fingerprint density at radius 3 is 2.36 bits per heavy atom. The fraction of sp³-hybridized carbons (Fsp3) is 1.00. The zero-order valence-corrected chi connectivity index (χ0v) is 10.6. The normalized spacial score (nSPS) is 36.9. The van der Waals surface area contributed by atoms with Gasteiger partial charge in [0.2, 0.25) is 0 Å². The van der Waals surface area contributed by atoms with E-state index in [1.54, 1.807) is 0 Å². The number of hydrogen-bond acceptors (Lipinski definition) is 0. The van der Waals surface area contributed by atoms with Crippen molar-refractivity contribution < 1.29 is 0 Å². The van der Waals surface area contributed by atoms with Crippen LogP contribution >= 0.6 is 0 Å². The molecular weight excluding hydrogens is 168 g/mol.